The quantitative estimate of drug-likeness (QED) is 0.0463. The van der Waals surface area contributed by atoms with Gasteiger partial charge in [-0.25, -0.2) is 4.70 Å². The molecule has 312 valence electrons. The van der Waals surface area contributed by atoms with E-state index in [1.54, 1.807) is 10.3 Å². The van der Waals surface area contributed by atoms with Crippen molar-refractivity contribution in [1.29, 1.82) is 0 Å². The molecule has 2 nitrogen and oxygen atoms in total. The first-order chi connectivity index (χ1) is 26.3. The maximum atomic E-state index is 12.2. The Balaban J connectivity index is 0.00000234. The summed E-state index contributed by atoms with van der Waals surface area (Å²) in [5.41, 5.74) is 27.8. The number of benzene rings is 2. The fourth-order valence-corrected chi connectivity index (χ4v) is 7.81. The van der Waals surface area contributed by atoms with Crippen LogP contribution < -0.4 is 0 Å². The second kappa shape index (κ2) is 31.8. The van der Waals surface area contributed by atoms with Crippen molar-refractivity contribution >= 4 is 11.4 Å². The second-order valence-corrected chi connectivity index (χ2v) is 15.1. The standard InChI is InChI=1S/C42H62N2.2C5H11.Ni/c1-9-17-20-24-33-29-36(30-34(25-21-18-10-2)39(33)26-22-19-11-3)41-38(16-8)40(23-12-4)42(44(41)43)35-27-31(13-5)37(15-7)32(14-6)28-35;2*1-3-5-4-2;/h12,23,27-30H,9-11,13-22,24-26H2,1-8H3;2*1,3-5H2,2H3;/q;2*-1;+2. The molecule has 0 bridgehead atoms. The minimum absolute atomic E-state index is 0. The largest absolute Gasteiger partial charge is 2.00 e. The van der Waals surface area contributed by atoms with Gasteiger partial charge in [0.15, 0.2) is 0 Å². The Morgan fingerprint density at radius 3 is 1.27 bits per heavy atom. The molecule has 0 radical (unpaired) electrons. The van der Waals surface area contributed by atoms with Crippen molar-refractivity contribution in [2.24, 2.45) is 0 Å². The van der Waals surface area contributed by atoms with Gasteiger partial charge in [0.1, 0.15) is 0 Å². The van der Waals surface area contributed by atoms with E-state index in [-0.39, 0.29) is 16.5 Å². The van der Waals surface area contributed by atoms with E-state index < -0.39 is 0 Å². The molecule has 1 heterocycles. The summed E-state index contributed by atoms with van der Waals surface area (Å²) in [6.07, 6.45) is 30.3. The van der Waals surface area contributed by atoms with Crippen LogP contribution in [0.25, 0.3) is 16.9 Å². The van der Waals surface area contributed by atoms with Crippen molar-refractivity contribution in [1.82, 2.24) is 0 Å². The summed E-state index contributed by atoms with van der Waals surface area (Å²) < 4.78 is 1.56. The van der Waals surface area contributed by atoms with Crippen LogP contribution in [0, 0.1) is 13.8 Å². The molecule has 0 fully saturated rings. The predicted molar refractivity (Wildman–Crippen MR) is 243 cm³/mol. The average Bonchev–Trinajstić information content (AvgIpc) is 3.46. The maximum absolute atomic E-state index is 12.2. The predicted octanol–water partition coefficient (Wildman–Crippen LogP) is 16.7. The number of allylic oxidation sites excluding steroid dienone is 4. The topological polar surface area (TPSA) is 25.3 Å². The summed E-state index contributed by atoms with van der Waals surface area (Å²) in [5.74, 6) is 0. The number of nitrogens with zero attached hydrogens (tertiary/aromatic N) is 2. The van der Waals surface area contributed by atoms with Gasteiger partial charge in [-0.1, -0.05) is 139 Å². The number of hydrogen-bond acceptors (Lipinski definition) is 0. The molecule has 0 aliphatic carbocycles. The van der Waals surface area contributed by atoms with Gasteiger partial charge in [0, 0.05) is 16.7 Å². The first-order valence-corrected chi connectivity index (χ1v) is 22.7. The fourth-order valence-electron chi connectivity index (χ4n) is 7.81. The van der Waals surface area contributed by atoms with Gasteiger partial charge in [-0.2, -0.15) is 12.8 Å². The van der Waals surface area contributed by atoms with Gasteiger partial charge >= 0.3 is 16.5 Å². The van der Waals surface area contributed by atoms with Crippen LogP contribution in [0.15, 0.2) is 47.6 Å². The Bertz CT molecular complexity index is 1390. The summed E-state index contributed by atoms with van der Waals surface area (Å²) in [7, 11) is 0. The van der Waals surface area contributed by atoms with Gasteiger partial charge < -0.3 is 19.4 Å². The van der Waals surface area contributed by atoms with Crippen molar-refractivity contribution in [3.05, 3.63) is 111 Å². The van der Waals surface area contributed by atoms with E-state index in [9.17, 15) is 5.53 Å². The van der Waals surface area contributed by atoms with Crippen LogP contribution in [0.3, 0.4) is 0 Å². The van der Waals surface area contributed by atoms with Crippen LogP contribution in [0.5, 0.6) is 0 Å². The summed E-state index contributed by atoms with van der Waals surface area (Å²) in [5, 5.41) is 0. The molecule has 0 unspecified atom stereocenters. The molecule has 0 saturated carbocycles. The van der Waals surface area contributed by atoms with E-state index in [4.69, 9.17) is 0 Å². The molecule has 55 heavy (non-hydrogen) atoms. The first kappa shape index (κ1) is 52.8. The molecule has 0 atom stereocenters. The van der Waals surface area contributed by atoms with Crippen molar-refractivity contribution in [2.75, 3.05) is 0 Å². The molecule has 2 aromatic carbocycles. The molecular formula is C52H84N2Ni. The van der Waals surface area contributed by atoms with Crippen LogP contribution in [-0.2, 0) is 55.0 Å². The molecule has 0 spiro atoms. The number of unbranched alkanes of at least 4 members (excludes halogenated alkanes) is 10. The van der Waals surface area contributed by atoms with Gasteiger partial charge in [-0.05, 0) is 129 Å². The van der Waals surface area contributed by atoms with E-state index in [0.717, 1.165) is 73.9 Å². The summed E-state index contributed by atoms with van der Waals surface area (Å²) in [4.78, 5) is 0. The van der Waals surface area contributed by atoms with Crippen molar-refractivity contribution < 1.29 is 21.2 Å². The van der Waals surface area contributed by atoms with Crippen LogP contribution in [0.4, 0.5) is 0 Å². The van der Waals surface area contributed by atoms with Crippen molar-refractivity contribution in [2.45, 2.75) is 210 Å². The van der Waals surface area contributed by atoms with E-state index in [1.165, 1.54) is 129 Å². The summed E-state index contributed by atoms with van der Waals surface area (Å²) in [6.45, 7) is 29.7. The third kappa shape index (κ3) is 16.6. The minimum atomic E-state index is 0. The molecule has 0 saturated heterocycles. The fraction of sp³-hybridized carbons (Fsp3) is 0.615. The molecule has 1 aliphatic rings. The van der Waals surface area contributed by atoms with Gasteiger partial charge in [0.2, 0.25) is 11.4 Å². The van der Waals surface area contributed by atoms with Crippen LogP contribution in [0.1, 0.15) is 216 Å². The minimum Gasteiger partial charge on any atom is -0.493 e. The first-order valence-electron chi connectivity index (χ1n) is 22.7. The van der Waals surface area contributed by atoms with E-state index >= 15 is 0 Å². The number of aryl methyl sites for hydroxylation is 4. The molecule has 1 aliphatic heterocycles. The van der Waals surface area contributed by atoms with E-state index in [1.807, 2.05) is 0 Å². The normalized spacial score (nSPS) is 12.5. The SMILES string of the molecule is CC=CC1=C(c2cc(CC)c(CC)c(CC)c2)[N+](=[N-])C(c2cc(CCCCC)c(CCCCC)c(CCCCC)c2)=C1CC.[CH2-]CCCC.[CH2-]CCCC.[Ni+2]. The maximum Gasteiger partial charge on any atom is 2.00 e. The molecule has 3 heteroatoms. The monoisotopic (exact) mass is 795 g/mol. The molecule has 2 aromatic rings. The zero-order valence-corrected chi connectivity index (χ0v) is 38.6. The Morgan fingerprint density at radius 2 is 0.927 bits per heavy atom. The molecule has 0 aromatic heterocycles. The molecule has 0 N–H and O–H groups in total. The Hall–Kier alpha value is -2.25. The smallest absolute Gasteiger partial charge is 0.493 e. The van der Waals surface area contributed by atoms with Gasteiger partial charge in [0.25, 0.3) is 0 Å². The number of hydrogen-bond donors (Lipinski definition) is 0. The summed E-state index contributed by atoms with van der Waals surface area (Å²) in [6, 6.07) is 9.61. The van der Waals surface area contributed by atoms with Crippen LogP contribution in [-0.4, -0.2) is 4.70 Å². The van der Waals surface area contributed by atoms with Crippen LogP contribution >= 0.6 is 0 Å². The third-order valence-electron chi connectivity index (χ3n) is 10.8. The Labute approximate surface area is 353 Å². The average molecular weight is 796 g/mol. The molecular weight excluding hydrogens is 711 g/mol. The molecule has 0 amide bonds. The van der Waals surface area contributed by atoms with E-state index in [0.29, 0.717) is 0 Å². The Morgan fingerprint density at radius 1 is 0.509 bits per heavy atom. The van der Waals surface area contributed by atoms with Gasteiger partial charge in [-0.15, -0.1) is 0 Å². The third-order valence-corrected chi connectivity index (χ3v) is 10.8. The second-order valence-electron chi connectivity index (χ2n) is 15.1. The van der Waals surface area contributed by atoms with Crippen molar-refractivity contribution in [3.8, 4) is 0 Å². The Kier molecular flexibility index (Phi) is 30.5. The van der Waals surface area contributed by atoms with Crippen LogP contribution in [0.2, 0.25) is 0 Å². The van der Waals surface area contributed by atoms with Gasteiger partial charge in [0.05, 0.1) is 5.57 Å². The summed E-state index contributed by atoms with van der Waals surface area (Å²) >= 11 is 0. The number of rotatable bonds is 23. The van der Waals surface area contributed by atoms with E-state index in [2.05, 4.69) is 120 Å². The van der Waals surface area contributed by atoms with Crippen molar-refractivity contribution in [3.63, 3.8) is 0 Å². The zero-order valence-electron chi connectivity index (χ0n) is 37.6. The zero-order chi connectivity index (χ0) is 40.3. The molecule has 3 rings (SSSR count). The van der Waals surface area contributed by atoms with Gasteiger partial charge in [-0.3, -0.25) is 0 Å².